The molecular weight excluding hydrogens is 375 g/mol. The Morgan fingerprint density at radius 3 is 2.62 bits per heavy atom. The number of nitro benzene ring substituents is 1. The summed E-state index contributed by atoms with van der Waals surface area (Å²) in [7, 11) is 1.35. The average Bonchev–Trinajstić information content (AvgIpc) is 2.59. The number of alkyl halides is 3. The molecule has 0 atom stereocenters. The molecule has 0 fully saturated rings. The highest BCUT2D eigenvalue weighted by molar-refractivity contribution is 7.99. The number of carbonyl (C=O) groups is 1. The first-order valence-corrected chi connectivity index (χ1v) is 7.97. The highest BCUT2D eigenvalue weighted by Crippen LogP contribution is 2.30. The monoisotopic (exact) mass is 387 g/mol. The lowest BCUT2D eigenvalue weighted by Crippen LogP contribution is -2.15. The van der Waals surface area contributed by atoms with Crippen molar-refractivity contribution in [1.29, 1.82) is 0 Å². The van der Waals surface area contributed by atoms with Gasteiger partial charge in [-0.3, -0.25) is 14.9 Å². The van der Waals surface area contributed by atoms with E-state index in [-0.39, 0.29) is 27.9 Å². The molecule has 11 heteroatoms. The number of ether oxygens (including phenoxy) is 1. The molecule has 0 radical (unpaired) electrons. The second-order valence-corrected chi connectivity index (χ2v) is 5.86. The standard InChI is InChI=1S/C15H12F3N3O4S/c1-25-10-3-4-11(12(6-10)21(23)24)20-13(22)8-26-14-5-2-9(7-19-14)15(16,17)18/h2-7H,8H2,1H3,(H,20,22). The number of halogens is 3. The number of carbonyl (C=O) groups excluding carboxylic acids is 1. The van der Waals surface area contributed by atoms with Gasteiger partial charge in [-0.25, -0.2) is 4.98 Å². The second kappa shape index (κ2) is 8.04. The Labute approximate surface area is 149 Å². The number of amides is 1. The first kappa shape index (κ1) is 19.5. The summed E-state index contributed by atoms with van der Waals surface area (Å²) in [5.41, 5.74) is -1.24. The highest BCUT2D eigenvalue weighted by Gasteiger charge is 2.30. The minimum absolute atomic E-state index is 0.0122. The molecule has 0 aliphatic carbocycles. The van der Waals surface area contributed by atoms with Crippen LogP contribution in [-0.2, 0) is 11.0 Å². The van der Waals surface area contributed by atoms with Crippen LogP contribution in [0.4, 0.5) is 24.5 Å². The SMILES string of the molecule is COc1ccc(NC(=O)CSc2ccc(C(F)(F)F)cn2)c([N+](=O)[O-])c1. The van der Waals surface area contributed by atoms with Crippen molar-refractivity contribution in [2.75, 3.05) is 18.2 Å². The number of nitrogens with zero attached hydrogens (tertiary/aromatic N) is 2. The number of nitro groups is 1. The Morgan fingerprint density at radius 1 is 1.35 bits per heavy atom. The number of methoxy groups -OCH3 is 1. The van der Waals surface area contributed by atoms with Crippen molar-refractivity contribution < 1.29 is 27.6 Å². The van der Waals surface area contributed by atoms with E-state index in [4.69, 9.17) is 4.74 Å². The van der Waals surface area contributed by atoms with Crippen LogP contribution in [0.2, 0.25) is 0 Å². The summed E-state index contributed by atoms with van der Waals surface area (Å²) in [4.78, 5) is 26.0. The number of anilines is 1. The van der Waals surface area contributed by atoms with Gasteiger partial charge in [0.1, 0.15) is 11.4 Å². The van der Waals surface area contributed by atoms with Crippen molar-refractivity contribution in [3.05, 3.63) is 52.2 Å². The van der Waals surface area contributed by atoms with Gasteiger partial charge in [0.25, 0.3) is 5.69 Å². The van der Waals surface area contributed by atoms with Gasteiger partial charge in [-0.05, 0) is 24.3 Å². The van der Waals surface area contributed by atoms with Gasteiger partial charge in [-0.15, -0.1) is 0 Å². The quantitative estimate of drug-likeness (QED) is 0.461. The van der Waals surface area contributed by atoms with E-state index >= 15 is 0 Å². The molecule has 1 heterocycles. The van der Waals surface area contributed by atoms with Crippen molar-refractivity contribution in [2.45, 2.75) is 11.2 Å². The third-order valence-electron chi connectivity index (χ3n) is 3.09. The number of rotatable bonds is 6. The van der Waals surface area contributed by atoms with Crippen LogP contribution in [0.3, 0.4) is 0 Å². The zero-order valence-electron chi connectivity index (χ0n) is 13.2. The van der Waals surface area contributed by atoms with Gasteiger partial charge in [0.2, 0.25) is 5.91 Å². The van der Waals surface area contributed by atoms with Crippen LogP contribution in [-0.4, -0.2) is 28.7 Å². The fourth-order valence-corrected chi connectivity index (χ4v) is 2.50. The molecule has 0 bridgehead atoms. The third-order valence-corrected chi connectivity index (χ3v) is 4.03. The van der Waals surface area contributed by atoms with Crippen LogP contribution in [0.15, 0.2) is 41.6 Å². The van der Waals surface area contributed by atoms with Crippen molar-refractivity contribution >= 4 is 29.0 Å². The molecule has 138 valence electrons. The molecule has 0 aliphatic rings. The highest BCUT2D eigenvalue weighted by atomic mass is 32.2. The Bertz CT molecular complexity index is 813. The van der Waals surface area contributed by atoms with Gasteiger partial charge in [0, 0.05) is 6.20 Å². The van der Waals surface area contributed by atoms with Gasteiger partial charge in [-0.2, -0.15) is 13.2 Å². The molecule has 0 unspecified atom stereocenters. The minimum Gasteiger partial charge on any atom is -0.496 e. The largest absolute Gasteiger partial charge is 0.496 e. The van der Waals surface area contributed by atoms with Gasteiger partial charge >= 0.3 is 6.18 Å². The Hall–Kier alpha value is -2.82. The molecule has 0 saturated heterocycles. The predicted molar refractivity (Wildman–Crippen MR) is 88.2 cm³/mol. The lowest BCUT2D eigenvalue weighted by atomic mass is 10.2. The van der Waals surface area contributed by atoms with E-state index in [0.717, 1.165) is 23.9 Å². The first-order chi connectivity index (χ1) is 12.2. The van der Waals surface area contributed by atoms with Gasteiger partial charge in [0.05, 0.1) is 34.4 Å². The van der Waals surface area contributed by atoms with Crippen LogP contribution in [0, 0.1) is 10.1 Å². The van der Waals surface area contributed by atoms with Crippen LogP contribution < -0.4 is 10.1 Å². The van der Waals surface area contributed by atoms with Gasteiger partial charge in [0.15, 0.2) is 0 Å². The van der Waals surface area contributed by atoms with Gasteiger partial charge < -0.3 is 10.1 Å². The maximum absolute atomic E-state index is 12.5. The first-order valence-electron chi connectivity index (χ1n) is 6.99. The summed E-state index contributed by atoms with van der Waals surface area (Å²) in [6, 6.07) is 5.96. The summed E-state index contributed by atoms with van der Waals surface area (Å²) < 4.78 is 42.3. The number of aromatic nitrogens is 1. The number of thioether (sulfide) groups is 1. The minimum atomic E-state index is -4.49. The molecule has 0 aliphatic heterocycles. The van der Waals surface area contributed by atoms with Gasteiger partial charge in [-0.1, -0.05) is 11.8 Å². The maximum atomic E-state index is 12.5. The van der Waals surface area contributed by atoms with Crippen LogP contribution in [0.5, 0.6) is 5.75 Å². The lowest BCUT2D eigenvalue weighted by molar-refractivity contribution is -0.384. The van der Waals surface area contributed by atoms with E-state index in [0.29, 0.717) is 6.20 Å². The molecular formula is C15H12F3N3O4S. The number of benzene rings is 1. The van der Waals surface area contributed by atoms with Crippen LogP contribution in [0.25, 0.3) is 0 Å². The van der Waals surface area contributed by atoms with Crippen molar-refractivity contribution in [3.63, 3.8) is 0 Å². The van der Waals surface area contributed by atoms with E-state index in [1.165, 1.54) is 25.3 Å². The summed E-state index contributed by atoms with van der Waals surface area (Å²) in [5.74, 6) is -0.482. The molecule has 2 rings (SSSR count). The number of pyridine rings is 1. The zero-order chi connectivity index (χ0) is 19.3. The Kier molecular flexibility index (Phi) is 6.03. The smallest absolute Gasteiger partial charge is 0.417 e. The molecule has 2 aromatic rings. The number of nitrogens with one attached hydrogen (secondary N) is 1. The fourth-order valence-electron chi connectivity index (χ4n) is 1.85. The fraction of sp³-hybridized carbons (Fsp3) is 0.200. The molecule has 0 saturated carbocycles. The van der Waals surface area contributed by atoms with E-state index in [1.54, 1.807) is 0 Å². The predicted octanol–water partition coefficient (Wildman–Crippen LogP) is 3.75. The molecule has 1 aromatic carbocycles. The van der Waals surface area contributed by atoms with E-state index in [1.807, 2.05) is 0 Å². The Morgan fingerprint density at radius 2 is 2.08 bits per heavy atom. The van der Waals surface area contributed by atoms with Crippen LogP contribution in [0.1, 0.15) is 5.56 Å². The van der Waals surface area contributed by atoms with Crippen LogP contribution >= 0.6 is 11.8 Å². The van der Waals surface area contributed by atoms with E-state index in [9.17, 15) is 28.1 Å². The van der Waals surface area contributed by atoms with E-state index in [2.05, 4.69) is 10.3 Å². The molecule has 1 aromatic heterocycles. The average molecular weight is 387 g/mol. The summed E-state index contributed by atoms with van der Waals surface area (Å²) in [6.45, 7) is 0. The molecule has 0 spiro atoms. The van der Waals surface area contributed by atoms with E-state index < -0.39 is 22.6 Å². The molecule has 26 heavy (non-hydrogen) atoms. The van der Waals surface area contributed by atoms with Crippen molar-refractivity contribution in [1.82, 2.24) is 4.98 Å². The summed E-state index contributed by atoms with van der Waals surface area (Å²) in [5, 5.41) is 13.7. The summed E-state index contributed by atoms with van der Waals surface area (Å²) >= 11 is 0.904. The molecule has 1 amide bonds. The molecule has 1 N–H and O–H groups in total. The zero-order valence-corrected chi connectivity index (χ0v) is 14.1. The maximum Gasteiger partial charge on any atom is 0.417 e. The van der Waals surface area contributed by atoms with Crippen molar-refractivity contribution in [2.24, 2.45) is 0 Å². The second-order valence-electron chi connectivity index (χ2n) is 4.86. The summed E-state index contributed by atoms with van der Waals surface area (Å²) in [6.07, 6.45) is -3.81. The lowest BCUT2D eigenvalue weighted by Gasteiger charge is -2.08. The topological polar surface area (TPSA) is 94.4 Å². The normalized spacial score (nSPS) is 11.1. The number of hydrogen-bond donors (Lipinski definition) is 1. The van der Waals surface area contributed by atoms with Crippen molar-refractivity contribution in [3.8, 4) is 5.75 Å². The Balaban J connectivity index is 2.00. The molecule has 7 nitrogen and oxygen atoms in total. The third kappa shape index (κ3) is 5.09. The number of hydrogen-bond acceptors (Lipinski definition) is 6.